The number of halogens is 3. The van der Waals surface area contributed by atoms with E-state index in [1.165, 1.54) is 28.9 Å². The molecule has 6 rings (SSSR count). The van der Waals surface area contributed by atoms with Crippen molar-refractivity contribution in [2.24, 2.45) is 0 Å². The van der Waals surface area contributed by atoms with Crippen molar-refractivity contribution in [2.45, 2.75) is 50.0 Å². The van der Waals surface area contributed by atoms with Crippen molar-refractivity contribution in [1.82, 2.24) is 20.1 Å². The number of anilines is 2. The van der Waals surface area contributed by atoms with E-state index in [0.717, 1.165) is 16.6 Å². The van der Waals surface area contributed by atoms with Crippen LogP contribution in [0.1, 0.15) is 42.2 Å². The maximum absolute atomic E-state index is 14.5. The number of carbonyl (C=O) groups excluding carboxylic acids is 4. The Hall–Kier alpha value is -4.43. The molecule has 1 aromatic heterocycles. The van der Waals surface area contributed by atoms with E-state index in [9.17, 15) is 32.5 Å². The fourth-order valence-corrected chi connectivity index (χ4v) is 7.32. The van der Waals surface area contributed by atoms with Gasteiger partial charge in [-0.15, -0.1) is 0 Å². The number of H-pyrrole nitrogens is 1. The molecule has 2 saturated heterocycles. The number of rotatable bonds is 7. The molecule has 2 aliphatic heterocycles. The van der Waals surface area contributed by atoms with Crippen LogP contribution in [0.4, 0.5) is 20.2 Å². The Morgan fingerprint density at radius 3 is 2.32 bits per heavy atom. The van der Waals surface area contributed by atoms with Crippen LogP contribution in [0.2, 0.25) is 0 Å². The van der Waals surface area contributed by atoms with E-state index in [1.807, 2.05) is 30.3 Å². The van der Waals surface area contributed by atoms with E-state index < -0.39 is 42.7 Å². The maximum atomic E-state index is 14.5. The van der Waals surface area contributed by atoms with Crippen LogP contribution in [0, 0.1) is 0 Å². The molecular formula is C34H33BrF2N5O7P. The van der Waals surface area contributed by atoms with Crippen molar-refractivity contribution in [3.8, 4) is 0 Å². The monoisotopic (exact) mass is 771 g/mol. The van der Waals surface area contributed by atoms with Gasteiger partial charge in [-0.25, -0.2) is 0 Å². The number of aromatic nitrogens is 1. The zero-order valence-corrected chi connectivity index (χ0v) is 29.1. The molecule has 4 aromatic rings. The molecule has 16 heteroatoms. The fraction of sp³-hybridized carbons (Fsp3) is 0.294. The number of carbonyl (C=O) groups is 4. The molecule has 4 amide bonds. The molecule has 2 aliphatic rings. The van der Waals surface area contributed by atoms with Gasteiger partial charge in [0.2, 0.25) is 11.8 Å². The van der Waals surface area contributed by atoms with Crippen molar-refractivity contribution < 1.29 is 42.3 Å². The minimum Gasteiger partial charge on any atom is -0.351 e. The highest BCUT2D eigenvalue weighted by Crippen LogP contribution is 2.59. The molecule has 50 heavy (non-hydrogen) atoms. The molecule has 262 valence electrons. The Bertz CT molecular complexity index is 2010. The highest BCUT2D eigenvalue weighted by molar-refractivity contribution is 9.10. The lowest BCUT2D eigenvalue weighted by atomic mass is 10.1. The minimum absolute atomic E-state index is 0.0781. The highest BCUT2D eigenvalue weighted by atomic mass is 79.9. The molecule has 3 aromatic carbocycles. The Morgan fingerprint density at radius 1 is 0.980 bits per heavy atom. The van der Waals surface area contributed by atoms with Gasteiger partial charge in [0, 0.05) is 58.4 Å². The first-order valence-corrected chi connectivity index (χ1v) is 18.2. The molecule has 0 unspecified atom stereocenters. The van der Waals surface area contributed by atoms with Gasteiger partial charge in [0.15, 0.2) is 0 Å². The number of amides is 4. The molecule has 3 heterocycles. The van der Waals surface area contributed by atoms with E-state index in [0.29, 0.717) is 30.6 Å². The average molecular weight is 773 g/mol. The number of aromatic amines is 1. The van der Waals surface area contributed by atoms with Gasteiger partial charge in [-0.05, 0) is 73.9 Å². The van der Waals surface area contributed by atoms with Crippen molar-refractivity contribution in [1.29, 1.82) is 0 Å². The number of hydrogen-bond acceptors (Lipinski definition) is 5. The third kappa shape index (κ3) is 6.82. The summed E-state index contributed by atoms with van der Waals surface area (Å²) in [5.74, 6) is -1.97. The van der Waals surface area contributed by atoms with Crippen LogP contribution in [0.15, 0.2) is 83.3 Å². The maximum Gasteiger partial charge on any atom is 0.399 e. The SMILES string of the molecule is CC(=O)N1CC[C@H]2CC[C@@H](C(=O)N(c3ccccc3)c3ccc(Br)cc3)N2C(=O)[C@@H](NC(=O)c2cc3cc(C(F)(F)P(=O)(O)O)ccc3[nH]2)C1. The number of nitrogens with one attached hydrogen (secondary N) is 2. The molecule has 0 spiro atoms. The zero-order valence-electron chi connectivity index (χ0n) is 26.6. The molecule has 0 aliphatic carbocycles. The van der Waals surface area contributed by atoms with E-state index in [2.05, 4.69) is 26.2 Å². The number of para-hydroxylation sites is 1. The van der Waals surface area contributed by atoms with E-state index >= 15 is 0 Å². The summed E-state index contributed by atoms with van der Waals surface area (Å²) in [7, 11) is -5.82. The van der Waals surface area contributed by atoms with Crippen LogP contribution in [0.5, 0.6) is 0 Å². The number of hydrogen-bond donors (Lipinski definition) is 4. The molecule has 2 fully saturated rings. The molecule has 0 radical (unpaired) electrons. The molecule has 0 bridgehead atoms. The van der Waals surface area contributed by atoms with Gasteiger partial charge in [-0.2, -0.15) is 8.78 Å². The smallest absolute Gasteiger partial charge is 0.351 e. The normalized spacial score (nSPS) is 19.9. The van der Waals surface area contributed by atoms with Crippen molar-refractivity contribution in [3.05, 3.63) is 94.6 Å². The lowest BCUT2D eigenvalue weighted by Gasteiger charge is -2.39. The van der Waals surface area contributed by atoms with Gasteiger partial charge >= 0.3 is 13.3 Å². The largest absolute Gasteiger partial charge is 0.399 e. The number of fused-ring (bicyclic) bond motifs is 2. The fourth-order valence-electron chi connectivity index (χ4n) is 6.58. The van der Waals surface area contributed by atoms with E-state index in [-0.39, 0.29) is 47.5 Å². The van der Waals surface area contributed by atoms with Gasteiger partial charge in [-0.1, -0.05) is 40.2 Å². The minimum atomic E-state index is -5.82. The first-order chi connectivity index (χ1) is 23.7. The van der Waals surface area contributed by atoms with Crippen LogP contribution in [0.3, 0.4) is 0 Å². The van der Waals surface area contributed by atoms with E-state index in [1.54, 1.807) is 29.2 Å². The first kappa shape index (κ1) is 35.4. The molecular weight excluding hydrogens is 739 g/mol. The Balaban J connectivity index is 1.31. The number of alkyl halides is 2. The molecule has 4 N–H and O–H groups in total. The van der Waals surface area contributed by atoms with Crippen LogP contribution in [-0.4, -0.2) is 79.4 Å². The standard InChI is InChI=1S/C34H33BrF2N5O7P/c1-20(43)40-16-15-26-12-14-30(33(46)41(24-5-3-2-4-6-24)25-10-8-23(35)9-11-25)42(26)32(45)29(19-40)39-31(44)28-18-21-17-22(7-13-27(21)38-28)34(36,37)50(47,48)49/h2-11,13,17-18,26,29-30,38H,12,14-16,19H2,1H3,(H,39,44)(H2,47,48,49)/t26-,29+,30+/m1/s1. The highest BCUT2D eigenvalue weighted by Gasteiger charge is 2.50. The van der Waals surface area contributed by atoms with Crippen molar-refractivity contribution in [3.63, 3.8) is 0 Å². The Labute approximate surface area is 293 Å². The molecule has 0 saturated carbocycles. The van der Waals surface area contributed by atoms with Gasteiger partial charge in [0.25, 0.3) is 11.8 Å². The molecule has 3 atom stereocenters. The summed E-state index contributed by atoms with van der Waals surface area (Å²) in [6, 6.07) is 17.8. The summed E-state index contributed by atoms with van der Waals surface area (Å²) in [5, 5.41) is 2.76. The van der Waals surface area contributed by atoms with Crippen LogP contribution in [0.25, 0.3) is 10.9 Å². The van der Waals surface area contributed by atoms with Crippen molar-refractivity contribution in [2.75, 3.05) is 18.0 Å². The predicted octanol–water partition coefficient (Wildman–Crippen LogP) is 5.23. The molecule has 12 nitrogen and oxygen atoms in total. The second-order valence-electron chi connectivity index (χ2n) is 12.3. The third-order valence-electron chi connectivity index (χ3n) is 9.12. The summed E-state index contributed by atoms with van der Waals surface area (Å²) >= 11 is 3.43. The predicted molar refractivity (Wildman–Crippen MR) is 184 cm³/mol. The number of nitrogens with zero attached hydrogens (tertiary/aromatic N) is 3. The first-order valence-electron chi connectivity index (χ1n) is 15.8. The Morgan fingerprint density at radius 2 is 1.66 bits per heavy atom. The van der Waals surface area contributed by atoms with Gasteiger partial charge < -0.3 is 29.9 Å². The lowest BCUT2D eigenvalue weighted by Crippen LogP contribution is -2.61. The van der Waals surface area contributed by atoms with Crippen LogP contribution >= 0.6 is 23.5 Å². The summed E-state index contributed by atoms with van der Waals surface area (Å²) in [5.41, 5.74) is -4.06. The van der Waals surface area contributed by atoms with Crippen molar-refractivity contribution >= 4 is 69.4 Å². The Kier molecular flexibility index (Phi) is 9.70. The van der Waals surface area contributed by atoms with E-state index in [4.69, 9.17) is 9.79 Å². The third-order valence-corrected chi connectivity index (χ3v) is 10.6. The van der Waals surface area contributed by atoms with Crippen LogP contribution in [-0.2, 0) is 24.6 Å². The second-order valence-corrected chi connectivity index (χ2v) is 14.9. The summed E-state index contributed by atoms with van der Waals surface area (Å²) in [6.45, 7) is 1.48. The van der Waals surface area contributed by atoms with Crippen LogP contribution < -0.4 is 10.2 Å². The quantitative estimate of drug-likeness (QED) is 0.187. The average Bonchev–Trinajstić information content (AvgIpc) is 3.70. The van der Waals surface area contributed by atoms with Gasteiger partial charge in [0.05, 0.1) is 0 Å². The van der Waals surface area contributed by atoms with Gasteiger partial charge in [0.1, 0.15) is 17.8 Å². The number of benzene rings is 3. The zero-order chi connectivity index (χ0) is 36.0. The summed E-state index contributed by atoms with van der Waals surface area (Å²) in [6.07, 6.45) is 1.30. The summed E-state index contributed by atoms with van der Waals surface area (Å²) in [4.78, 5) is 80.7. The summed E-state index contributed by atoms with van der Waals surface area (Å²) < 4.78 is 41.0. The second kappa shape index (κ2) is 13.7. The van der Waals surface area contributed by atoms with Gasteiger partial charge in [-0.3, -0.25) is 28.6 Å². The lowest BCUT2D eigenvalue weighted by molar-refractivity contribution is -0.144. The topological polar surface area (TPSA) is 163 Å².